The fourth-order valence-electron chi connectivity index (χ4n) is 0.889. The number of carbonyl (C=O) groups excluding carboxylic acids is 1. The average Bonchev–Trinajstić information content (AvgIpc) is 1.60. The lowest BCUT2D eigenvalue weighted by atomic mass is 9.81. The molecule has 1 aliphatic carbocycles. The molecule has 0 amide bonds. The Bertz CT molecular complexity index is 118. The molecule has 0 aromatic rings. The monoisotopic (exact) mass is 134 g/mol. The average molecular weight is 134 g/mol. The summed E-state index contributed by atoms with van der Waals surface area (Å²) in [5.41, 5.74) is 0. The molecule has 52 valence electrons. The second kappa shape index (κ2) is 2.05. The highest BCUT2D eigenvalue weighted by Gasteiger charge is 2.42. The molecule has 1 nitrogen and oxygen atoms in total. The number of carbonyl (C=O) groups is 1. The Labute approximate surface area is 52.1 Å². The van der Waals surface area contributed by atoms with Gasteiger partial charge in [0.05, 0.1) is 0 Å². The highest BCUT2D eigenvalue weighted by atomic mass is 19.3. The van der Waals surface area contributed by atoms with Gasteiger partial charge < -0.3 is 0 Å². The summed E-state index contributed by atoms with van der Waals surface area (Å²) >= 11 is 0. The van der Waals surface area contributed by atoms with Crippen molar-refractivity contribution in [2.75, 3.05) is 0 Å². The Hall–Kier alpha value is -0.470. The first kappa shape index (κ1) is 6.65. The van der Waals surface area contributed by atoms with Gasteiger partial charge in [-0.3, -0.25) is 4.79 Å². The first-order chi connectivity index (χ1) is 4.17. The van der Waals surface area contributed by atoms with Crippen LogP contribution in [0.15, 0.2) is 0 Å². The van der Waals surface area contributed by atoms with Crippen LogP contribution in [0, 0.1) is 5.92 Å². The topological polar surface area (TPSA) is 17.1 Å². The van der Waals surface area contributed by atoms with Gasteiger partial charge in [0.15, 0.2) is 6.29 Å². The smallest absolute Gasteiger partial charge is 0.297 e. The molecule has 0 aromatic heterocycles. The van der Waals surface area contributed by atoms with Gasteiger partial charge in [0.1, 0.15) is 0 Å². The minimum Gasteiger partial charge on any atom is -0.297 e. The van der Waals surface area contributed by atoms with Crippen molar-refractivity contribution >= 4 is 6.29 Å². The molecule has 0 N–H and O–H groups in total. The fraction of sp³-hybridized carbons (Fsp3) is 0.833. The maximum Gasteiger partial charge on any atom is 0.305 e. The second-order valence-corrected chi connectivity index (χ2v) is 2.42. The lowest BCUT2D eigenvalue weighted by Crippen LogP contribution is -2.34. The number of rotatable bonds is 2. The van der Waals surface area contributed by atoms with E-state index in [1.165, 1.54) is 0 Å². The Kier molecular flexibility index (Phi) is 1.51. The van der Waals surface area contributed by atoms with Crippen LogP contribution < -0.4 is 0 Å². The summed E-state index contributed by atoms with van der Waals surface area (Å²) in [6.45, 7) is 0. The molecule has 0 bridgehead atoms. The van der Waals surface area contributed by atoms with Gasteiger partial charge in [-0.1, -0.05) is 6.42 Å². The van der Waals surface area contributed by atoms with E-state index in [1.54, 1.807) is 0 Å². The molecule has 9 heavy (non-hydrogen) atoms. The van der Waals surface area contributed by atoms with Gasteiger partial charge >= 0.3 is 5.92 Å². The number of hydrogen-bond donors (Lipinski definition) is 0. The molecule has 0 unspecified atom stereocenters. The van der Waals surface area contributed by atoms with E-state index in [2.05, 4.69) is 0 Å². The van der Waals surface area contributed by atoms with Crippen LogP contribution in [-0.4, -0.2) is 12.2 Å². The van der Waals surface area contributed by atoms with Gasteiger partial charge in [0.25, 0.3) is 0 Å². The summed E-state index contributed by atoms with van der Waals surface area (Å²) in [4.78, 5) is 9.71. The van der Waals surface area contributed by atoms with E-state index >= 15 is 0 Å². The Morgan fingerprint density at radius 1 is 1.44 bits per heavy atom. The largest absolute Gasteiger partial charge is 0.305 e. The van der Waals surface area contributed by atoms with Crippen LogP contribution in [0.5, 0.6) is 0 Å². The maximum absolute atomic E-state index is 12.2. The summed E-state index contributed by atoms with van der Waals surface area (Å²) in [6, 6.07) is 0. The quantitative estimate of drug-likeness (QED) is 0.524. The van der Waals surface area contributed by atoms with Crippen LogP contribution in [0.4, 0.5) is 8.78 Å². The van der Waals surface area contributed by atoms with Crippen molar-refractivity contribution in [2.24, 2.45) is 5.92 Å². The SMILES string of the molecule is O=CC(F)(F)C1CCC1. The predicted octanol–water partition coefficient (Wildman–Crippen LogP) is 1.62. The van der Waals surface area contributed by atoms with Crippen molar-refractivity contribution in [1.29, 1.82) is 0 Å². The van der Waals surface area contributed by atoms with Crippen molar-refractivity contribution in [1.82, 2.24) is 0 Å². The molecule has 0 atom stereocenters. The Morgan fingerprint density at radius 2 is 2.00 bits per heavy atom. The van der Waals surface area contributed by atoms with E-state index in [-0.39, 0.29) is 6.29 Å². The number of halogens is 2. The predicted molar refractivity (Wildman–Crippen MR) is 28.4 cm³/mol. The Balaban J connectivity index is 2.46. The number of hydrogen-bond acceptors (Lipinski definition) is 1. The summed E-state index contributed by atoms with van der Waals surface area (Å²) in [7, 11) is 0. The summed E-state index contributed by atoms with van der Waals surface area (Å²) < 4.78 is 24.5. The first-order valence-electron chi connectivity index (χ1n) is 3.01. The van der Waals surface area contributed by atoms with Crippen molar-refractivity contribution in [2.45, 2.75) is 25.2 Å². The molecular formula is C6H8F2O. The molecule has 0 aromatic carbocycles. The van der Waals surface area contributed by atoms with Crippen molar-refractivity contribution in [3.8, 4) is 0 Å². The second-order valence-electron chi connectivity index (χ2n) is 2.42. The third kappa shape index (κ3) is 1.09. The van der Waals surface area contributed by atoms with Gasteiger partial charge in [-0.15, -0.1) is 0 Å². The van der Waals surface area contributed by atoms with Gasteiger partial charge in [-0.25, -0.2) is 0 Å². The molecule has 0 spiro atoms. The molecular weight excluding hydrogens is 126 g/mol. The van der Waals surface area contributed by atoms with E-state index in [9.17, 15) is 13.6 Å². The highest BCUT2D eigenvalue weighted by Crippen LogP contribution is 2.38. The third-order valence-electron chi connectivity index (χ3n) is 1.81. The number of alkyl halides is 2. The van der Waals surface area contributed by atoms with Crippen molar-refractivity contribution in [3.05, 3.63) is 0 Å². The maximum atomic E-state index is 12.2. The molecule has 0 aliphatic heterocycles. The van der Waals surface area contributed by atoms with E-state index in [4.69, 9.17) is 0 Å². The van der Waals surface area contributed by atoms with Crippen LogP contribution in [0.1, 0.15) is 19.3 Å². The summed E-state index contributed by atoms with van der Waals surface area (Å²) in [5.74, 6) is -3.70. The summed E-state index contributed by atoms with van der Waals surface area (Å²) in [5, 5.41) is 0. The van der Waals surface area contributed by atoms with Gasteiger partial charge in [0.2, 0.25) is 0 Å². The molecule has 0 heterocycles. The molecule has 1 fully saturated rings. The van der Waals surface area contributed by atoms with Gasteiger partial charge in [-0.2, -0.15) is 8.78 Å². The zero-order valence-corrected chi connectivity index (χ0v) is 4.94. The molecule has 1 saturated carbocycles. The zero-order valence-electron chi connectivity index (χ0n) is 4.94. The van der Waals surface area contributed by atoms with Crippen LogP contribution in [0.2, 0.25) is 0 Å². The minimum atomic E-state index is -3.04. The Morgan fingerprint density at radius 3 is 2.11 bits per heavy atom. The van der Waals surface area contributed by atoms with E-state index < -0.39 is 11.8 Å². The molecule has 0 saturated heterocycles. The molecule has 1 aliphatic rings. The zero-order chi connectivity index (χ0) is 6.91. The summed E-state index contributed by atoms with van der Waals surface area (Å²) in [6.07, 6.45) is 1.61. The van der Waals surface area contributed by atoms with Gasteiger partial charge in [0, 0.05) is 5.92 Å². The standard InChI is InChI=1S/C6H8F2O/c7-6(8,4-9)5-2-1-3-5/h4-5H,1-3H2. The molecule has 1 rings (SSSR count). The minimum absolute atomic E-state index is 0.239. The normalized spacial score (nSPS) is 21.1. The lowest BCUT2D eigenvalue weighted by molar-refractivity contribution is -0.142. The third-order valence-corrected chi connectivity index (χ3v) is 1.81. The van der Waals surface area contributed by atoms with Crippen molar-refractivity contribution in [3.63, 3.8) is 0 Å². The van der Waals surface area contributed by atoms with E-state index in [1.807, 2.05) is 0 Å². The first-order valence-corrected chi connectivity index (χ1v) is 3.01. The highest BCUT2D eigenvalue weighted by molar-refractivity contribution is 5.60. The molecule has 0 radical (unpaired) electrons. The molecule has 3 heteroatoms. The van der Waals surface area contributed by atoms with Crippen LogP contribution >= 0.6 is 0 Å². The fourth-order valence-corrected chi connectivity index (χ4v) is 0.889. The van der Waals surface area contributed by atoms with Crippen LogP contribution in [0.3, 0.4) is 0 Å². The lowest BCUT2D eigenvalue weighted by Gasteiger charge is -2.29. The van der Waals surface area contributed by atoms with Crippen LogP contribution in [0.25, 0.3) is 0 Å². The van der Waals surface area contributed by atoms with E-state index in [0.29, 0.717) is 12.8 Å². The van der Waals surface area contributed by atoms with Crippen molar-refractivity contribution < 1.29 is 13.6 Å². The van der Waals surface area contributed by atoms with Gasteiger partial charge in [-0.05, 0) is 12.8 Å². The number of aldehydes is 1. The van der Waals surface area contributed by atoms with E-state index in [0.717, 1.165) is 6.42 Å². The van der Waals surface area contributed by atoms with Crippen LogP contribution in [-0.2, 0) is 4.79 Å².